The summed E-state index contributed by atoms with van der Waals surface area (Å²) in [6, 6.07) is 22.1. The highest BCUT2D eigenvalue weighted by atomic mass is 16.4. The molecular weight excluding hydrogens is 494 g/mol. The Hall–Kier alpha value is -5.09. The van der Waals surface area contributed by atoms with Gasteiger partial charge in [-0.1, -0.05) is 36.4 Å². The number of anilines is 3. The first kappa shape index (κ1) is 24.3. The molecule has 1 amide bonds. The standard InChI is InChI=1S/C29H25N7O3/c1-17-21-13-19(10-11-20(21)27(38)32-17)33-26-14-24(34-25(16-37)18-7-3-2-4-8-18)22(15-31-26)28-35-36-29(39-28)23-9-5-6-12-30-23/h2-15,17,25,37H,16H2,1H3,(H,32,38)(H2,31,33,34)/t17?,25-/m1/s1. The molecule has 4 heterocycles. The molecule has 0 spiro atoms. The highest BCUT2D eigenvalue weighted by Crippen LogP contribution is 2.34. The quantitative estimate of drug-likeness (QED) is 0.226. The summed E-state index contributed by atoms with van der Waals surface area (Å²) in [6.07, 6.45) is 3.30. The normalized spacial score (nSPS) is 14.9. The maximum atomic E-state index is 12.1. The second-order valence-electron chi connectivity index (χ2n) is 9.15. The maximum Gasteiger partial charge on any atom is 0.266 e. The minimum Gasteiger partial charge on any atom is -0.414 e. The lowest BCUT2D eigenvalue weighted by atomic mass is 10.0. The van der Waals surface area contributed by atoms with Crippen molar-refractivity contribution in [3.8, 4) is 23.0 Å². The van der Waals surface area contributed by atoms with Gasteiger partial charge in [0.15, 0.2) is 0 Å². The number of nitrogens with one attached hydrogen (secondary N) is 3. The predicted octanol–water partition coefficient (Wildman–Crippen LogP) is 4.89. The summed E-state index contributed by atoms with van der Waals surface area (Å²) in [4.78, 5) is 21.0. The van der Waals surface area contributed by atoms with Gasteiger partial charge in [0.25, 0.3) is 17.7 Å². The summed E-state index contributed by atoms with van der Waals surface area (Å²) in [5.41, 5.74) is 5.08. The van der Waals surface area contributed by atoms with Crippen molar-refractivity contribution >= 4 is 23.1 Å². The van der Waals surface area contributed by atoms with Gasteiger partial charge in [-0.15, -0.1) is 10.2 Å². The fourth-order valence-corrected chi connectivity index (χ4v) is 4.55. The van der Waals surface area contributed by atoms with Crippen LogP contribution in [0.15, 0.2) is 89.6 Å². The number of nitrogens with zero attached hydrogens (tertiary/aromatic N) is 4. The van der Waals surface area contributed by atoms with Crippen molar-refractivity contribution in [3.05, 3.63) is 102 Å². The Morgan fingerprint density at radius 2 is 1.79 bits per heavy atom. The second-order valence-corrected chi connectivity index (χ2v) is 9.15. The van der Waals surface area contributed by atoms with E-state index in [1.165, 1.54) is 0 Å². The van der Waals surface area contributed by atoms with Crippen molar-refractivity contribution in [2.75, 3.05) is 17.2 Å². The largest absolute Gasteiger partial charge is 0.414 e. The van der Waals surface area contributed by atoms with Crippen LogP contribution >= 0.6 is 0 Å². The van der Waals surface area contributed by atoms with E-state index < -0.39 is 6.04 Å². The molecule has 0 saturated heterocycles. The third kappa shape index (κ3) is 4.92. The topological polar surface area (TPSA) is 138 Å². The summed E-state index contributed by atoms with van der Waals surface area (Å²) in [6.45, 7) is 1.81. The molecule has 39 heavy (non-hydrogen) atoms. The van der Waals surface area contributed by atoms with Crippen LogP contribution in [0.2, 0.25) is 0 Å². The molecule has 1 aliphatic heterocycles. The molecule has 3 aromatic heterocycles. The fourth-order valence-electron chi connectivity index (χ4n) is 4.55. The molecule has 5 aromatic rings. The molecule has 194 valence electrons. The zero-order valence-corrected chi connectivity index (χ0v) is 21.0. The van der Waals surface area contributed by atoms with Crippen LogP contribution in [0.3, 0.4) is 0 Å². The summed E-state index contributed by atoms with van der Waals surface area (Å²) in [5.74, 6) is 1.03. The molecule has 0 bridgehead atoms. The molecule has 10 heteroatoms. The van der Waals surface area contributed by atoms with Crippen molar-refractivity contribution < 1.29 is 14.3 Å². The van der Waals surface area contributed by atoms with E-state index in [0.29, 0.717) is 28.3 Å². The van der Waals surface area contributed by atoms with Gasteiger partial charge in [0.2, 0.25) is 0 Å². The Kier molecular flexibility index (Phi) is 6.44. The van der Waals surface area contributed by atoms with Gasteiger partial charge >= 0.3 is 0 Å². The third-order valence-corrected chi connectivity index (χ3v) is 6.54. The van der Waals surface area contributed by atoms with Crippen molar-refractivity contribution in [1.82, 2.24) is 25.5 Å². The molecule has 1 aliphatic rings. The van der Waals surface area contributed by atoms with Gasteiger partial charge in [0.1, 0.15) is 11.5 Å². The van der Waals surface area contributed by atoms with Gasteiger partial charge in [-0.3, -0.25) is 9.78 Å². The maximum absolute atomic E-state index is 12.1. The zero-order valence-electron chi connectivity index (χ0n) is 21.0. The van der Waals surface area contributed by atoms with Gasteiger partial charge in [-0.2, -0.15) is 0 Å². The van der Waals surface area contributed by atoms with E-state index in [1.807, 2.05) is 67.6 Å². The van der Waals surface area contributed by atoms with Crippen molar-refractivity contribution in [2.45, 2.75) is 19.0 Å². The number of amides is 1. The highest BCUT2D eigenvalue weighted by Gasteiger charge is 2.25. The summed E-state index contributed by atoms with van der Waals surface area (Å²) in [5, 5.41) is 28.3. The average Bonchev–Trinajstić information content (AvgIpc) is 3.57. The SMILES string of the molecule is CC1NC(=O)c2ccc(Nc3cc(N[C@H](CO)c4ccccc4)c(-c4nnc(-c5ccccn5)o4)cn3)cc21. The Balaban J connectivity index is 1.36. The van der Waals surface area contributed by atoms with E-state index in [2.05, 4.69) is 36.1 Å². The van der Waals surface area contributed by atoms with E-state index >= 15 is 0 Å². The van der Waals surface area contributed by atoms with E-state index in [4.69, 9.17) is 4.42 Å². The average molecular weight is 520 g/mol. The first-order valence-electron chi connectivity index (χ1n) is 12.5. The number of fused-ring (bicyclic) bond motifs is 1. The number of benzene rings is 2. The minimum atomic E-state index is -0.392. The summed E-state index contributed by atoms with van der Waals surface area (Å²) >= 11 is 0. The number of carbonyl (C=O) groups is 1. The lowest BCUT2D eigenvalue weighted by Crippen LogP contribution is -2.16. The second kappa shape index (κ2) is 10.3. The van der Waals surface area contributed by atoms with Gasteiger partial charge in [0, 0.05) is 29.7 Å². The van der Waals surface area contributed by atoms with E-state index in [-0.39, 0.29) is 30.3 Å². The molecule has 0 fully saturated rings. The number of hydrogen-bond donors (Lipinski definition) is 4. The first-order chi connectivity index (χ1) is 19.1. The molecule has 0 saturated carbocycles. The minimum absolute atomic E-state index is 0.0659. The van der Waals surface area contributed by atoms with Crippen LogP contribution < -0.4 is 16.0 Å². The number of hydrogen-bond acceptors (Lipinski definition) is 9. The summed E-state index contributed by atoms with van der Waals surface area (Å²) < 4.78 is 5.96. The van der Waals surface area contributed by atoms with E-state index in [1.54, 1.807) is 24.5 Å². The van der Waals surface area contributed by atoms with Gasteiger partial charge in [-0.25, -0.2) is 4.98 Å². The predicted molar refractivity (Wildman–Crippen MR) is 146 cm³/mol. The molecular formula is C29H25N7O3. The molecule has 2 atom stereocenters. The van der Waals surface area contributed by atoms with Crippen LogP contribution in [0.1, 0.15) is 40.5 Å². The van der Waals surface area contributed by atoms with Crippen LogP contribution in [0.5, 0.6) is 0 Å². The Labute approximate surface area is 224 Å². The Bertz CT molecular complexity index is 1620. The van der Waals surface area contributed by atoms with E-state index in [0.717, 1.165) is 16.8 Å². The lowest BCUT2D eigenvalue weighted by molar-refractivity contribution is 0.0958. The molecule has 2 aromatic carbocycles. The summed E-state index contributed by atoms with van der Waals surface area (Å²) in [7, 11) is 0. The monoisotopic (exact) mass is 519 g/mol. The van der Waals surface area contributed by atoms with Gasteiger partial charge in [0.05, 0.1) is 29.9 Å². The van der Waals surface area contributed by atoms with Crippen LogP contribution in [0, 0.1) is 0 Å². The Morgan fingerprint density at radius 3 is 2.59 bits per heavy atom. The van der Waals surface area contributed by atoms with Crippen molar-refractivity contribution in [1.29, 1.82) is 0 Å². The van der Waals surface area contributed by atoms with Crippen LogP contribution in [0.4, 0.5) is 17.2 Å². The van der Waals surface area contributed by atoms with Crippen LogP contribution in [0.25, 0.3) is 23.0 Å². The number of carbonyl (C=O) groups excluding carboxylic acids is 1. The Morgan fingerprint density at radius 1 is 0.974 bits per heavy atom. The first-order valence-corrected chi connectivity index (χ1v) is 12.5. The zero-order chi connectivity index (χ0) is 26.8. The highest BCUT2D eigenvalue weighted by molar-refractivity contribution is 5.99. The molecule has 6 rings (SSSR count). The molecule has 1 unspecified atom stereocenters. The number of rotatable bonds is 8. The van der Waals surface area contributed by atoms with Crippen molar-refractivity contribution in [3.63, 3.8) is 0 Å². The molecule has 4 N–H and O–H groups in total. The number of aliphatic hydroxyl groups excluding tert-OH is 1. The lowest BCUT2D eigenvalue weighted by Gasteiger charge is -2.20. The number of aliphatic hydroxyl groups is 1. The fraction of sp³-hybridized carbons (Fsp3) is 0.138. The molecule has 0 radical (unpaired) electrons. The third-order valence-electron chi connectivity index (χ3n) is 6.54. The molecule has 0 aliphatic carbocycles. The van der Waals surface area contributed by atoms with Crippen molar-refractivity contribution in [2.24, 2.45) is 0 Å². The van der Waals surface area contributed by atoms with Gasteiger partial charge < -0.3 is 25.5 Å². The number of aromatic nitrogens is 4. The van der Waals surface area contributed by atoms with Crippen LogP contribution in [-0.4, -0.2) is 37.8 Å². The van der Waals surface area contributed by atoms with E-state index in [9.17, 15) is 9.90 Å². The number of pyridine rings is 2. The van der Waals surface area contributed by atoms with Gasteiger partial charge in [-0.05, 0) is 48.4 Å². The molecule has 10 nitrogen and oxygen atoms in total. The smallest absolute Gasteiger partial charge is 0.266 e. The van der Waals surface area contributed by atoms with Crippen LogP contribution in [-0.2, 0) is 0 Å².